The Bertz CT molecular complexity index is 2780. The fraction of sp³-hybridized carbons (Fsp3) is 0.143. The van der Waals surface area contributed by atoms with E-state index in [1.807, 2.05) is 5.32 Å². The zero-order valence-electron chi connectivity index (χ0n) is 31.5. The number of carbonyl (C=O) groups is 4. The van der Waals surface area contributed by atoms with Crippen molar-refractivity contribution in [3.8, 4) is 11.8 Å². The normalized spacial score (nSPS) is 10.9. The van der Waals surface area contributed by atoms with E-state index in [-0.39, 0.29) is 42.3 Å². The fourth-order valence-electron chi connectivity index (χ4n) is 6.05. The average molecular weight is 841 g/mol. The first-order valence-electron chi connectivity index (χ1n) is 18.1. The minimum atomic E-state index is -1.49. The van der Waals surface area contributed by atoms with Crippen molar-refractivity contribution in [3.05, 3.63) is 186 Å². The number of nitrogens with zero attached hydrogens (tertiary/aromatic N) is 4. The van der Waals surface area contributed by atoms with Crippen LogP contribution in [0.25, 0.3) is 0 Å². The molecule has 15 nitrogen and oxygen atoms in total. The molecule has 19 heteroatoms. The summed E-state index contributed by atoms with van der Waals surface area (Å²) < 4.78 is 63.6. The van der Waals surface area contributed by atoms with Crippen LogP contribution in [0.2, 0.25) is 0 Å². The Kier molecular flexibility index (Phi) is 13.1. The van der Waals surface area contributed by atoms with E-state index in [1.54, 1.807) is 60.7 Å². The number of halogens is 4. The highest BCUT2D eigenvalue weighted by molar-refractivity contribution is 5.99. The molecule has 4 N–H and O–H groups in total. The smallest absolute Gasteiger partial charge is 0.332 e. The Balaban J connectivity index is 1.33. The van der Waals surface area contributed by atoms with Crippen LogP contribution in [-0.2, 0) is 35.5 Å². The second kappa shape index (κ2) is 18.7. The fourth-order valence-corrected chi connectivity index (χ4v) is 6.05. The van der Waals surface area contributed by atoms with Crippen molar-refractivity contribution in [2.24, 2.45) is 0 Å². The molecule has 6 rings (SSSR count). The Morgan fingerprint density at radius 3 is 1.79 bits per heavy atom. The van der Waals surface area contributed by atoms with Gasteiger partial charge < -0.3 is 25.6 Å². The van der Waals surface area contributed by atoms with Gasteiger partial charge in [0, 0.05) is 18.9 Å². The van der Waals surface area contributed by atoms with Gasteiger partial charge >= 0.3 is 11.9 Å². The number of benzene rings is 4. The molecule has 6 aromatic rings. The molecule has 2 amide bonds. The lowest BCUT2D eigenvalue weighted by molar-refractivity contribution is -0.136. The van der Waals surface area contributed by atoms with Gasteiger partial charge in [-0.3, -0.25) is 33.1 Å². The summed E-state index contributed by atoms with van der Waals surface area (Å²) >= 11 is 0. The molecular weight excluding hydrogens is 808 g/mol. The van der Waals surface area contributed by atoms with Crippen molar-refractivity contribution in [2.75, 3.05) is 13.1 Å². The Labute approximate surface area is 341 Å². The SMILES string of the molecule is O=C(O)CNC(=O)c1c(OC(=O)CNC(=O)c2c(O)nc(Cc3ccc(F)c(F)c3)n(Cc3ccccc3)c2=O)nc(Cc2ccc(F)cc2F)n(Cc2ccccc2)c1=O. The molecule has 0 atom stereocenters. The van der Waals surface area contributed by atoms with E-state index in [4.69, 9.17) is 9.84 Å². The molecule has 0 aliphatic heterocycles. The van der Waals surface area contributed by atoms with Gasteiger partial charge in [0.05, 0.1) is 13.1 Å². The topological polar surface area (TPSA) is 212 Å². The third kappa shape index (κ3) is 10.4. The second-order valence-corrected chi connectivity index (χ2v) is 13.3. The highest BCUT2D eigenvalue weighted by Gasteiger charge is 2.28. The number of carboxylic acids is 1. The molecule has 0 fully saturated rings. The minimum Gasteiger partial charge on any atom is -0.493 e. The number of carbonyl (C=O) groups excluding carboxylic acids is 3. The summed E-state index contributed by atoms with van der Waals surface area (Å²) in [6.45, 7) is -2.50. The Morgan fingerprint density at radius 2 is 1.20 bits per heavy atom. The predicted octanol–water partition coefficient (Wildman–Crippen LogP) is 3.49. The van der Waals surface area contributed by atoms with E-state index in [2.05, 4.69) is 15.3 Å². The van der Waals surface area contributed by atoms with E-state index < -0.39 is 101 Å². The number of aromatic nitrogens is 4. The molecular formula is C42H32F4N6O9. The van der Waals surface area contributed by atoms with Gasteiger partial charge in [0.1, 0.15) is 36.4 Å². The van der Waals surface area contributed by atoms with Gasteiger partial charge in [-0.2, -0.15) is 9.97 Å². The van der Waals surface area contributed by atoms with Crippen molar-refractivity contribution >= 4 is 23.8 Å². The first kappa shape index (κ1) is 42.6. The Morgan fingerprint density at radius 1 is 0.623 bits per heavy atom. The number of rotatable bonds is 15. The number of aliphatic carboxylic acids is 1. The van der Waals surface area contributed by atoms with Gasteiger partial charge in [0.15, 0.2) is 22.8 Å². The average Bonchev–Trinajstić information content (AvgIpc) is 3.22. The number of hydrogen-bond acceptors (Lipinski definition) is 10. The number of ether oxygens (including phenoxy) is 1. The lowest BCUT2D eigenvalue weighted by Gasteiger charge is -2.17. The van der Waals surface area contributed by atoms with Crippen LogP contribution in [0.15, 0.2) is 107 Å². The van der Waals surface area contributed by atoms with Crippen LogP contribution in [0.1, 0.15) is 54.6 Å². The lowest BCUT2D eigenvalue weighted by atomic mass is 10.1. The van der Waals surface area contributed by atoms with Crippen molar-refractivity contribution < 1.29 is 51.7 Å². The second-order valence-electron chi connectivity index (χ2n) is 13.3. The standard InChI is InChI=1S/C42H32F4N6O9/c43-27-13-12-26(29(45)18-27)17-32-50-40(36(38(57)47-19-33(53)54)42(60)52(32)22-24-9-5-2-6-10-24)61-34(55)20-48-37(56)35-39(58)49-31(16-25-11-14-28(44)30(46)15-25)51(41(35)59)21-23-7-3-1-4-8-23/h1-15,18,58H,16-17,19-22H2,(H,47,57)(H,48,56)(H,53,54). The number of carboxylic acid groups (broad SMARTS) is 1. The van der Waals surface area contributed by atoms with Crippen LogP contribution in [0.3, 0.4) is 0 Å². The van der Waals surface area contributed by atoms with Gasteiger partial charge in [-0.25, -0.2) is 22.4 Å². The molecule has 312 valence electrons. The number of aromatic hydroxyl groups is 1. The maximum atomic E-state index is 14.9. The maximum absolute atomic E-state index is 14.9. The van der Waals surface area contributed by atoms with E-state index >= 15 is 0 Å². The third-order valence-corrected chi connectivity index (χ3v) is 8.98. The van der Waals surface area contributed by atoms with Gasteiger partial charge in [0.2, 0.25) is 11.8 Å². The van der Waals surface area contributed by atoms with Crippen LogP contribution < -0.4 is 26.5 Å². The number of amides is 2. The van der Waals surface area contributed by atoms with Crippen LogP contribution >= 0.6 is 0 Å². The molecule has 4 aromatic carbocycles. The van der Waals surface area contributed by atoms with Crippen LogP contribution in [0, 0.1) is 23.3 Å². The van der Waals surface area contributed by atoms with Crippen molar-refractivity contribution in [1.29, 1.82) is 0 Å². The van der Waals surface area contributed by atoms with Gasteiger partial charge in [-0.15, -0.1) is 0 Å². The van der Waals surface area contributed by atoms with Crippen molar-refractivity contribution in [1.82, 2.24) is 29.7 Å². The van der Waals surface area contributed by atoms with E-state index in [1.165, 1.54) is 6.07 Å². The largest absolute Gasteiger partial charge is 0.493 e. The molecule has 0 saturated carbocycles. The van der Waals surface area contributed by atoms with Gasteiger partial charge in [-0.05, 0) is 40.5 Å². The maximum Gasteiger partial charge on any atom is 0.332 e. The third-order valence-electron chi connectivity index (χ3n) is 8.98. The van der Waals surface area contributed by atoms with Gasteiger partial charge in [-0.1, -0.05) is 72.8 Å². The van der Waals surface area contributed by atoms with Crippen molar-refractivity contribution in [2.45, 2.75) is 25.9 Å². The number of hydrogen-bond donors (Lipinski definition) is 4. The van der Waals surface area contributed by atoms with Crippen LogP contribution in [-0.4, -0.2) is 66.2 Å². The molecule has 2 heterocycles. The van der Waals surface area contributed by atoms with E-state index in [0.717, 1.165) is 33.4 Å². The summed E-state index contributed by atoms with van der Waals surface area (Å²) in [4.78, 5) is 87.4. The molecule has 0 spiro atoms. The van der Waals surface area contributed by atoms with Crippen LogP contribution in [0.5, 0.6) is 11.8 Å². The summed E-state index contributed by atoms with van der Waals surface area (Å²) in [5, 5.41) is 24.1. The highest BCUT2D eigenvalue weighted by atomic mass is 19.2. The summed E-state index contributed by atoms with van der Waals surface area (Å²) in [7, 11) is 0. The van der Waals surface area contributed by atoms with Gasteiger partial charge in [0.25, 0.3) is 22.9 Å². The number of nitrogens with one attached hydrogen (secondary N) is 2. The van der Waals surface area contributed by atoms with E-state index in [0.29, 0.717) is 17.2 Å². The summed E-state index contributed by atoms with van der Waals surface area (Å²) in [6, 6.07) is 22.2. The first-order chi connectivity index (χ1) is 29.2. The molecule has 0 bridgehead atoms. The highest BCUT2D eigenvalue weighted by Crippen LogP contribution is 2.21. The monoisotopic (exact) mass is 840 g/mol. The quantitative estimate of drug-likeness (QED) is 0.0869. The molecule has 0 radical (unpaired) electrons. The number of esters is 1. The molecule has 2 aromatic heterocycles. The zero-order valence-corrected chi connectivity index (χ0v) is 31.5. The molecule has 61 heavy (non-hydrogen) atoms. The first-order valence-corrected chi connectivity index (χ1v) is 18.1. The molecule has 0 saturated heterocycles. The molecule has 0 aliphatic carbocycles. The van der Waals surface area contributed by atoms with Crippen molar-refractivity contribution in [3.63, 3.8) is 0 Å². The Hall–Kier alpha value is -7.96. The molecule has 0 aliphatic rings. The summed E-state index contributed by atoms with van der Waals surface area (Å²) in [5.41, 5.74) is -3.00. The molecule has 0 unspecified atom stereocenters. The summed E-state index contributed by atoms with van der Waals surface area (Å²) in [5.74, 6) is -12.2. The minimum absolute atomic E-state index is 0.133. The van der Waals surface area contributed by atoms with Crippen LogP contribution in [0.4, 0.5) is 17.6 Å². The summed E-state index contributed by atoms with van der Waals surface area (Å²) in [6.07, 6.45) is -0.781. The van der Waals surface area contributed by atoms with E-state index in [9.17, 15) is 51.4 Å². The zero-order chi connectivity index (χ0) is 43.8. The predicted molar refractivity (Wildman–Crippen MR) is 206 cm³/mol. The lowest BCUT2D eigenvalue weighted by Crippen LogP contribution is -2.40.